The van der Waals surface area contributed by atoms with Crippen LogP contribution in [-0.2, 0) is 6.54 Å². The van der Waals surface area contributed by atoms with Gasteiger partial charge in [0.25, 0.3) is 5.91 Å². The summed E-state index contributed by atoms with van der Waals surface area (Å²) in [5.41, 5.74) is 5.44. The van der Waals surface area contributed by atoms with Crippen LogP contribution < -0.4 is 15.4 Å². The van der Waals surface area contributed by atoms with E-state index in [1.165, 1.54) is 0 Å². The SMILES string of the molecule is CNC(=O)c1ccc(C(C)CNc2cc(-c3ccc4c(cnn4CCO)c3C)ncn2)c(OC)c1. The molecule has 1 amide bonds. The highest BCUT2D eigenvalue weighted by atomic mass is 16.5. The van der Waals surface area contributed by atoms with Gasteiger partial charge in [-0.2, -0.15) is 5.10 Å². The van der Waals surface area contributed by atoms with Gasteiger partial charge in [-0.3, -0.25) is 9.48 Å². The second-order valence-corrected chi connectivity index (χ2v) is 8.37. The summed E-state index contributed by atoms with van der Waals surface area (Å²) in [6.07, 6.45) is 3.38. The molecule has 2 aromatic heterocycles. The molecule has 35 heavy (non-hydrogen) atoms. The number of hydrogen-bond donors (Lipinski definition) is 3. The summed E-state index contributed by atoms with van der Waals surface area (Å²) in [6, 6.07) is 11.5. The number of carbonyl (C=O) groups is 1. The van der Waals surface area contributed by atoms with Gasteiger partial charge in [-0.15, -0.1) is 0 Å². The van der Waals surface area contributed by atoms with Crippen molar-refractivity contribution in [2.24, 2.45) is 0 Å². The second-order valence-electron chi connectivity index (χ2n) is 8.37. The maximum atomic E-state index is 11.9. The van der Waals surface area contributed by atoms with E-state index in [9.17, 15) is 9.90 Å². The Morgan fingerprint density at radius 1 is 1.20 bits per heavy atom. The smallest absolute Gasteiger partial charge is 0.251 e. The molecule has 3 N–H and O–H groups in total. The number of methoxy groups -OCH3 is 1. The van der Waals surface area contributed by atoms with Crippen LogP contribution in [0.5, 0.6) is 5.75 Å². The molecule has 0 bridgehead atoms. The zero-order valence-electron chi connectivity index (χ0n) is 20.4. The topological polar surface area (TPSA) is 114 Å². The zero-order chi connectivity index (χ0) is 24.9. The summed E-state index contributed by atoms with van der Waals surface area (Å²) in [4.78, 5) is 20.8. The Kier molecular flexibility index (Phi) is 7.26. The highest BCUT2D eigenvalue weighted by molar-refractivity contribution is 5.94. The van der Waals surface area contributed by atoms with Crippen molar-refractivity contribution in [3.63, 3.8) is 0 Å². The quantitative estimate of drug-likeness (QED) is 0.341. The molecule has 9 heteroatoms. The van der Waals surface area contributed by atoms with Crippen LogP contribution in [0.3, 0.4) is 0 Å². The van der Waals surface area contributed by atoms with Crippen molar-refractivity contribution in [2.75, 3.05) is 32.6 Å². The van der Waals surface area contributed by atoms with E-state index in [1.54, 1.807) is 37.3 Å². The number of amides is 1. The first-order chi connectivity index (χ1) is 17.0. The standard InChI is InChI=1S/C26H30N6O3/c1-16(19-6-5-18(26(34)27-3)11-24(19)35-4)13-28-25-12-22(29-15-30-25)20-7-8-23-21(17(20)2)14-31-32(23)9-10-33/h5-8,11-12,14-16,33H,9-10,13H2,1-4H3,(H,27,34)(H,28,29,30). The van der Waals surface area contributed by atoms with Crippen molar-refractivity contribution in [2.45, 2.75) is 26.3 Å². The number of hydrogen-bond acceptors (Lipinski definition) is 7. The number of fused-ring (bicyclic) bond motifs is 1. The fraction of sp³-hybridized carbons (Fsp3) is 0.308. The van der Waals surface area contributed by atoms with Crippen LogP contribution in [0, 0.1) is 6.92 Å². The second kappa shape index (κ2) is 10.5. The number of nitrogens with zero attached hydrogens (tertiary/aromatic N) is 4. The summed E-state index contributed by atoms with van der Waals surface area (Å²) in [5.74, 6) is 1.36. The molecule has 0 radical (unpaired) electrons. The van der Waals surface area contributed by atoms with Gasteiger partial charge in [0.05, 0.1) is 37.7 Å². The van der Waals surface area contributed by atoms with Crippen LogP contribution in [0.1, 0.15) is 34.3 Å². The average Bonchev–Trinajstić information content (AvgIpc) is 3.30. The number of benzene rings is 2. The van der Waals surface area contributed by atoms with Gasteiger partial charge < -0.3 is 20.5 Å². The van der Waals surface area contributed by atoms with Crippen molar-refractivity contribution in [3.05, 3.63) is 65.6 Å². The molecule has 4 rings (SSSR count). The van der Waals surface area contributed by atoms with Gasteiger partial charge in [0.1, 0.15) is 17.9 Å². The van der Waals surface area contributed by atoms with E-state index in [2.05, 4.69) is 39.5 Å². The average molecular weight is 475 g/mol. The lowest BCUT2D eigenvalue weighted by atomic mass is 9.98. The molecule has 4 aromatic rings. The maximum Gasteiger partial charge on any atom is 0.251 e. The molecule has 2 heterocycles. The Labute approximate surface area is 204 Å². The van der Waals surface area contributed by atoms with Gasteiger partial charge in [0.2, 0.25) is 0 Å². The third kappa shape index (κ3) is 4.95. The van der Waals surface area contributed by atoms with E-state index >= 15 is 0 Å². The Balaban J connectivity index is 1.52. The van der Waals surface area contributed by atoms with E-state index in [4.69, 9.17) is 4.74 Å². The third-order valence-corrected chi connectivity index (χ3v) is 6.19. The third-order valence-electron chi connectivity index (χ3n) is 6.19. The number of rotatable bonds is 9. The van der Waals surface area contributed by atoms with E-state index in [0.29, 0.717) is 24.4 Å². The number of ether oxygens (including phenoxy) is 1. The Bertz CT molecular complexity index is 1350. The molecule has 0 fully saturated rings. The van der Waals surface area contributed by atoms with Gasteiger partial charge in [-0.05, 0) is 36.2 Å². The molecule has 0 aliphatic heterocycles. The summed E-state index contributed by atoms with van der Waals surface area (Å²) >= 11 is 0. The lowest BCUT2D eigenvalue weighted by Crippen LogP contribution is -2.18. The molecule has 1 atom stereocenters. The van der Waals surface area contributed by atoms with Crippen LogP contribution in [0.15, 0.2) is 48.9 Å². The number of carbonyl (C=O) groups excluding carboxylic acids is 1. The Morgan fingerprint density at radius 2 is 2.03 bits per heavy atom. The Morgan fingerprint density at radius 3 is 2.77 bits per heavy atom. The molecule has 0 spiro atoms. The van der Waals surface area contributed by atoms with Crippen molar-refractivity contribution in [1.29, 1.82) is 0 Å². The number of anilines is 1. The summed E-state index contributed by atoms with van der Waals surface area (Å²) in [6.45, 7) is 5.27. The van der Waals surface area contributed by atoms with E-state index in [-0.39, 0.29) is 18.4 Å². The van der Waals surface area contributed by atoms with Crippen LogP contribution in [-0.4, -0.2) is 58.1 Å². The van der Waals surface area contributed by atoms with Gasteiger partial charge >= 0.3 is 0 Å². The van der Waals surface area contributed by atoms with Crippen molar-refractivity contribution >= 4 is 22.6 Å². The molecular formula is C26H30N6O3. The predicted molar refractivity (Wildman–Crippen MR) is 136 cm³/mol. The first-order valence-electron chi connectivity index (χ1n) is 11.5. The molecule has 0 saturated carbocycles. The van der Waals surface area contributed by atoms with Gasteiger partial charge in [0, 0.05) is 42.1 Å². The van der Waals surface area contributed by atoms with Crippen molar-refractivity contribution in [1.82, 2.24) is 25.1 Å². The van der Waals surface area contributed by atoms with E-state index < -0.39 is 0 Å². The fourth-order valence-electron chi connectivity index (χ4n) is 4.22. The molecule has 9 nitrogen and oxygen atoms in total. The van der Waals surface area contributed by atoms with E-state index in [0.717, 1.165) is 39.1 Å². The molecule has 0 aliphatic carbocycles. The number of nitrogens with one attached hydrogen (secondary N) is 2. The summed E-state index contributed by atoms with van der Waals surface area (Å²) < 4.78 is 7.34. The molecule has 0 aliphatic rings. The van der Waals surface area contributed by atoms with Crippen molar-refractivity contribution < 1.29 is 14.6 Å². The summed E-state index contributed by atoms with van der Waals surface area (Å²) in [7, 11) is 3.21. The minimum Gasteiger partial charge on any atom is -0.496 e. The first kappa shape index (κ1) is 24.2. The largest absolute Gasteiger partial charge is 0.496 e. The number of aliphatic hydroxyl groups excluding tert-OH is 1. The van der Waals surface area contributed by atoms with Gasteiger partial charge in [0.15, 0.2) is 0 Å². The highest BCUT2D eigenvalue weighted by Crippen LogP contribution is 2.30. The van der Waals surface area contributed by atoms with Crippen molar-refractivity contribution in [3.8, 4) is 17.0 Å². The first-order valence-corrected chi connectivity index (χ1v) is 11.5. The van der Waals surface area contributed by atoms with Gasteiger partial charge in [-0.25, -0.2) is 9.97 Å². The van der Waals surface area contributed by atoms with Crippen LogP contribution >= 0.6 is 0 Å². The number of aromatic nitrogens is 4. The monoisotopic (exact) mass is 474 g/mol. The Hall–Kier alpha value is -3.98. The lowest BCUT2D eigenvalue weighted by molar-refractivity contribution is 0.0962. The lowest BCUT2D eigenvalue weighted by Gasteiger charge is -2.18. The fourth-order valence-corrected chi connectivity index (χ4v) is 4.22. The van der Waals surface area contributed by atoms with Gasteiger partial charge in [-0.1, -0.05) is 19.1 Å². The molecule has 1 unspecified atom stereocenters. The maximum absolute atomic E-state index is 11.9. The highest BCUT2D eigenvalue weighted by Gasteiger charge is 2.16. The molecular weight excluding hydrogens is 444 g/mol. The number of aryl methyl sites for hydroxylation is 1. The minimum absolute atomic E-state index is 0.0427. The molecule has 2 aromatic carbocycles. The normalized spacial score (nSPS) is 11.9. The number of aliphatic hydroxyl groups is 1. The predicted octanol–water partition coefficient (Wildman–Crippen LogP) is 3.38. The molecule has 0 saturated heterocycles. The van der Waals surface area contributed by atoms with Crippen LogP contribution in [0.25, 0.3) is 22.2 Å². The van der Waals surface area contributed by atoms with E-state index in [1.807, 2.05) is 30.5 Å². The minimum atomic E-state index is -0.150. The molecule has 182 valence electrons. The van der Waals surface area contributed by atoms with Crippen LogP contribution in [0.2, 0.25) is 0 Å². The zero-order valence-corrected chi connectivity index (χ0v) is 20.4. The summed E-state index contributed by atoms with van der Waals surface area (Å²) in [5, 5.41) is 20.7. The van der Waals surface area contributed by atoms with Crippen LogP contribution in [0.4, 0.5) is 5.82 Å².